The maximum Gasteiger partial charge on any atom is 0.0347 e. The summed E-state index contributed by atoms with van der Waals surface area (Å²) in [5.74, 6) is 0.795. The predicted molar refractivity (Wildman–Crippen MR) is 64.2 cm³/mol. The quantitative estimate of drug-likeness (QED) is 0.787. The van der Waals surface area contributed by atoms with Crippen LogP contribution < -0.4 is 5.32 Å². The topological polar surface area (TPSA) is 17.0 Å². The Labute approximate surface area is 92.7 Å². The average Bonchev–Trinajstić information content (AvgIpc) is 2.59. The molecule has 2 unspecified atom stereocenters. The fourth-order valence-corrected chi connectivity index (χ4v) is 2.82. The van der Waals surface area contributed by atoms with Crippen LogP contribution in [-0.4, -0.2) is 17.7 Å². The Morgan fingerprint density at radius 3 is 2.53 bits per heavy atom. The van der Waals surface area contributed by atoms with Crippen LogP contribution in [0, 0.1) is 19.8 Å². The van der Waals surface area contributed by atoms with Crippen molar-refractivity contribution in [2.75, 3.05) is 13.1 Å². The van der Waals surface area contributed by atoms with Gasteiger partial charge in [0.15, 0.2) is 0 Å². The van der Waals surface area contributed by atoms with Gasteiger partial charge in [0.25, 0.3) is 0 Å². The molecule has 0 aromatic carbocycles. The lowest BCUT2D eigenvalue weighted by atomic mass is 9.92. The molecule has 15 heavy (non-hydrogen) atoms. The van der Waals surface area contributed by atoms with Gasteiger partial charge in [-0.25, -0.2) is 0 Å². The third-order valence-electron chi connectivity index (χ3n) is 3.75. The van der Waals surface area contributed by atoms with Crippen LogP contribution in [-0.2, 0) is 0 Å². The Balaban J connectivity index is 2.15. The van der Waals surface area contributed by atoms with E-state index in [1.807, 2.05) is 0 Å². The van der Waals surface area contributed by atoms with E-state index in [2.05, 4.69) is 42.8 Å². The zero-order valence-corrected chi connectivity index (χ0v) is 10.1. The second kappa shape index (κ2) is 4.40. The summed E-state index contributed by atoms with van der Waals surface area (Å²) in [6.45, 7) is 9.16. The highest BCUT2D eigenvalue weighted by Crippen LogP contribution is 2.27. The monoisotopic (exact) mass is 206 g/mol. The van der Waals surface area contributed by atoms with Gasteiger partial charge in [-0.3, -0.25) is 0 Å². The van der Waals surface area contributed by atoms with Crippen LogP contribution in [0.25, 0.3) is 0 Å². The first kappa shape index (κ1) is 10.7. The Hall–Kier alpha value is -0.760. The molecule has 1 aromatic rings. The number of piperidine rings is 1. The molecule has 2 heteroatoms. The molecule has 0 radical (unpaired) electrons. The van der Waals surface area contributed by atoms with E-state index >= 15 is 0 Å². The van der Waals surface area contributed by atoms with Gasteiger partial charge in [-0.1, -0.05) is 0 Å². The molecule has 0 spiro atoms. The van der Waals surface area contributed by atoms with Crippen LogP contribution in [0.1, 0.15) is 37.2 Å². The number of aryl methyl sites for hydroxylation is 2. The summed E-state index contributed by atoms with van der Waals surface area (Å²) in [6.07, 6.45) is 2.69. The molecule has 0 amide bonds. The summed E-state index contributed by atoms with van der Waals surface area (Å²) in [5, 5.41) is 3.50. The standard InChI is InChI=1S/C13H22N2/c1-10-6-7-11(2)15(10)12(3)13-5-4-8-14-9-13/h6-7,12-14H,4-5,8-9H2,1-3H3. The molecule has 1 aliphatic heterocycles. The number of aromatic nitrogens is 1. The molecular weight excluding hydrogens is 184 g/mol. The highest BCUT2D eigenvalue weighted by molar-refractivity contribution is 5.15. The van der Waals surface area contributed by atoms with Gasteiger partial charge >= 0.3 is 0 Å². The lowest BCUT2D eigenvalue weighted by molar-refractivity contribution is 0.275. The van der Waals surface area contributed by atoms with Gasteiger partial charge in [-0.15, -0.1) is 0 Å². The van der Waals surface area contributed by atoms with E-state index in [-0.39, 0.29) is 0 Å². The van der Waals surface area contributed by atoms with E-state index in [9.17, 15) is 0 Å². The summed E-state index contributed by atoms with van der Waals surface area (Å²) in [6, 6.07) is 5.08. The molecule has 84 valence electrons. The van der Waals surface area contributed by atoms with Crippen molar-refractivity contribution in [3.63, 3.8) is 0 Å². The highest BCUT2D eigenvalue weighted by Gasteiger charge is 2.22. The molecular formula is C13H22N2. The molecule has 2 heterocycles. The third kappa shape index (κ3) is 2.10. The molecule has 1 saturated heterocycles. The molecule has 2 rings (SSSR count). The van der Waals surface area contributed by atoms with Gasteiger partial charge < -0.3 is 9.88 Å². The fraction of sp³-hybridized carbons (Fsp3) is 0.692. The van der Waals surface area contributed by atoms with Gasteiger partial charge in [0.1, 0.15) is 0 Å². The van der Waals surface area contributed by atoms with Gasteiger partial charge in [0, 0.05) is 17.4 Å². The minimum atomic E-state index is 0.632. The SMILES string of the molecule is Cc1ccc(C)n1C(C)C1CCCNC1. The van der Waals surface area contributed by atoms with E-state index < -0.39 is 0 Å². The van der Waals surface area contributed by atoms with E-state index in [1.54, 1.807) is 0 Å². The number of hydrogen-bond acceptors (Lipinski definition) is 1. The number of rotatable bonds is 2. The van der Waals surface area contributed by atoms with Crippen molar-refractivity contribution >= 4 is 0 Å². The Bertz CT molecular complexity index is 302. The summed E-state index contributed by atoms with van der Waals surface area (Å²) in [7, 11) is 0. The van der Waals surface area contributed by atoms with Crippen molar-refractivity contribution in [1.82, 2.24) is 9.88 Å². The van der Waals surface area contributed by atoms with E-state index in [0.29, 0.717) is 6.04 Å². The third-order valence-corrected chi connectivity index (χ3v) is 3.75. The molecule has 0 saturated carbocycles. The summed E-state index contributed by atoms with van der Waals surface area (Å²) < 4.78 is 2.48. The largest absolute Gasteiger partial charge is 0.346 e. The Kier molecular flexibility index (Phi) is 3.15. The van der Waals surface area contributed by atoms with Gasteiger partial charge in [0.2, 0.25) is 0 Å². The first-order valence-corrected chi connectivity index (χ1v) is 6.05. The molecule has 1 N–H and O–H groups in total. The normalized spacial score (nSPS) is 24.1. The van der Waals surface area contributed by atoms with E-state index in [0.717, 1.165) is 5.92 Å². The van der Waals surface area contributed by atoms with Crippen molar-refractivity contribution in [3.8, 4) is 0 Å². The number of hydrogen-bond donors (Lipinski definition) is 1. The lowest BCUT2D eigenvalue weighted by Crippen LogP contribution is -2.34. The van der Waals surface area contributed by atoms with Gasteiger partial charge in [0.05, 0.1) is 0 Å². The zero-order valence-electron chi connectivity index (χ0n) is 10.1. The minimum Gasteiger partial charge on any atom is -0.346 e. The van der Waals surface area contributed by atoms with Crippen LogP contribution in [0.4, 0.5) is 0 Å². The van der Waals surface area contributed by atoms with Crippen molar-refractivity contribution in [3.05, 3.63) is 23.5 Å². The number of nitrogens with zero attached hydrogens (tertiary/aromatic N) is 1. The molecule has 0 bridgehead atoms. The highest BCUT2D eigenvalue weighted by atomic mass is 15.0. The fourth-order valence-electron chi connectivity index (χ4n) is 2.82. The zero-order chi connectivity index (χ0) is 10.8. The Morgan fingerprint density at radius 1 is 1.33 bits per heavy atom. The lowest BCUT2D eigenvalue weighted by Gasteiger charge is -2.31. The maximum atomic E-state index is 3.50. The maximum absolute atomic E-state index is 3.50. The van der Waals surface area contributed by atoms with Crippen LogP contribution in [0.3, 0.4) is 0 Å². The number of nitrogens with one attached hydrogen (secondary N) is 1. The first-order chi connectivity index (χ1) is 7.20. The van der Waals surface area contributed by atoms with Crippen molar-refractivity contribution < 1.29 is 0 Å². The van der Waals surface area contributed by atoms with Gasteiger partial charge in [-0.2, -0.15) is 0 Å². The minimum absolute atomic E-state index is 0.632. The molecule has 0 aliphatic carbocycles. The molecule has 1 fully saturated rings. The second-order valence-corrected chi connectivity index (χ2v) is 4.83. The summed E-state index contributed by atoms with van der Waals surface area (Å²) in [4.78, 5) is 0. The van der Waals surface area contributed by atoms with Crippen LogP contribution >= 0.6 is 0 Å². The average molecular weight is 206 g/mol. The molecule has 2 atom stereocenters. The summed E-state index contributed by atoms with van der Waals surface area (Å²) >= 11 is 0. The molecule has 2 nitrogen and oxygen atoms in total. The molecule has 1 aromatic heterocycles. The van der Waals surface area contributed by atoms with Crippen LogP contribution in [0.2, 0.25) is 0 Å². The van der Waals surface area contributed by atoms with Crippen LogP contribution in [0.15, 0.2) is 12.1 Å². The van der Waals surface area contributed by atoms with E-state index in [4.69, 9.17) is 0 Å². The summed E-state index contributed by atoms with van der Waals surface area (Å²) in [5.41, 5.74) is 2.79. The molecule has 1 aliphatic rings. The van der Waals surface area contributed by atoms with Crippen molar-refractivity contribution in [2.45, 2.75) is 39.7 Å². The second-order valence-electron chi connectivity index (χ2n) is 4.83. The predicted octanol–water partition coefficient (Wildman–Crippen LogP) is 2.67. The Morgan fingerprint density at radius 2 is 2.00 bits per heavy atom. The van der Waals surface area contributed by atoms with Crippen molar-refractivity contribution in [1.29, 1.82) is 0 Å². The van der Waals surface area contributed by atoms with E-state index in [1.165, 1.54) is 37.3 Å². The van der Waals surface area contributed by atoms with Gasteiger partial charge in [-0.05, 0) is 64.8 Å². The van der Waals surface area contributed by atoms with Crippen molar-refractivity contribution in [2.24, 2.45) is 5.92 Å². The first-order valence-electron chi connectivity index (χ1n) is 6.05. The smallest absolute Gasteiger partial charge is 0.0347 e. The van der Waals surface area contributed by atoms with Crippen LogP contribution in [0.5, 0.6) is 0 Å².